The highest BCUT2D eigenvalue weighted by Gasteiger charge is 2.21. The van der Waals surface area contributed by atoms with Crippen molar-refractivity contribution >= 4 is 22.7 Å². The van der Waals surface area contributed by atoms with Gasteiger partial charge in [0.1, 0.15) is 5.58 Å². The Kier molecular flexibility index (Phi) is 3.93. The lowest BCUT2D eigenvalue weighted by Crippen LogP contribution is -2.14. The van der Waals surface area contributed by atoms with E-state index in [2.05, 4.69) is 10.4 Å². The lowest BCUT2D eigenvalue weighted by atomic mass is 10.1. The minimum atomic E-state index is -0.329. The van der Waals surface area contributed by atoms with Crippen LogP contribution >= 0.6 is 0 Å². The average Bonchev–Trinajstić information content (AvgIpc) is 3.08. The average molecular weight is 299 g/mol. The van der Waals surface area contributed by atoms with Crippen LogP contribution in [0.15, 0.2) is 40.9 Å². The maximum atomic E-state index is 12.5. The molecule has 2 heterocycles. The summed E-state index contributed by atoms with van der Waals surface area (Å²) in [6.07, 6.45) is 1.76. The normalized spacial score (nSPS) is 11.0. The molecule has 3 rings (SSSR count). The maximum absolute atomic E-state index is 12.5. The van der Waals surface area contributed by atoms with Crippen LogP contribution in [0.2, 0.25) is 0 Å². The Labute approximate surface area is 127 Å². The third kappa shape index (κ3) is 2.73. The lowest BCUT2D eigenvalue weighted by Gasteiger charge is -2.03. The molecule has 6 nitrogen and oxygen atoms in total. The third-order valence-corrected chi connectivity index (χ3v) is 3.31. The van der Waals surface area contributed by atoms with Crippen molar-refractivity contribution < 1.29 is 13.9 Å². The van der Waals surface area contributed by atoms with Gasteiger partial charge in [0, 0.05) is 36.9 Å². The molecule has 0 aliphatic rings. The predicted molar refractivity (Wildman–Crippen MR) is 82.7 cm³/mol. The summed E-state index contributed by atoms with van der Waals surface area (Å²) in [6, 6.07) is 9.26. The van der Waals surface area contributed by atoms with Crippen LogP contribution in [0, 0.1) is 0 Å². The number of carbonyl (C=O) groups excluding carboxylic acids is 1. The summed E-state index contributed by atoms with van der Waals surface area (Å²) in [5, 5.41) is 7.76. The number of anilines is 1. The van der Waals surface area contributed by atoms with Crippen molar-refractivity contribution in [1.29, 1.82) is 0 Å². The molecule has 0 radical (unpaired) electrons. The van der Waals surface area contributed by atoms with Gasteiger partial charge in [0.15, 0.2) is 11.6 Å². The number of furan rings is 1. The summed E-state index contributed by atoms with van der Waals surface area (Å²) in [4.78, 5) is 12.5. The molecule has 0 aliphatic carbocycles. The van der Waals surface area contributed by atoms with Gasteiger partial charge in [0.2, 0.25) is 0 Å². The van der Waals surface area contributed by atoms with Crippen LogP contribution in [-0.4, -0.2) is 22.3 Å². The van der Waals surface area contributed by atoms with Crippen LogP contribution in [-0.2, 0) is 18.4 Å². The Morgan fingerprint density at radius 3 is 2.91 bits per heavy atom. The SMILES string of the molecule is CCOCc1c(C(=O)Nc2ccn(C)n2)oc2ccccc12. The van der Waals surface area contributed by atoms with Crippen molar-refractivity contribution in [2.45, 2.75) is 13.5 Å². The molecule has 0 aliphatic heterocycles. The highest BCUT2D eigenvalue weighted by atomic mass is 16.5. The molecule has 0 atom stereocenters. The molecule has 1 N–H and O–H groups in total. The Bertz CT molecular complexity index is 804. The number of ether oxygens (including phenoxy) is 1. The van der Waals surface area contributed by atoms with E-state index >= 15 is 0 Å². The molecule has 6 heteroatoms. The first-order chi connectivity index (χ1) is 10.7. The Balaban J connectivity index is 1.95. The zero-order valence-corrected chi connectivity index (χ0v) is 12.5. The highest BCUT2D eigenvalue weighted by Crippen LogP contribution is 2.27. The first-order valence-corrected chi connectivity index (χ1v) is 7.08. The number of fused-ring (bicyclic) bond motifs is 1. The topological polar surface area (TPSA) is 69.3 Å². The second-order valence-corrected chi connectivity index (χ2v) is 4.87. The van der Waals surface area contributed by atoms with E-state index in [4.69, 9.17) is 9.15 Å². The Morgan fingerprint density at radius 1 is 1.36 bits per heavy atom. The standard InChI is InChI=1S/C16H17N3O3/c1-3-21-10-12-11-6-4-5-7-13(11)22-15(12)16(20)17-14-8-9-19(2)18-14/h4-9H,3,10H2,1-2H3,(H,17,18,20). The first kappa shape index (κ1) is 14.3. The third-order valence-electron chi connectivity index (χ3n) is 3.31. The first-order valence-electron chi connectivity index (χ1n) is 7.08. The molecule has 0 saturated carbocycles. The zero-order valence-electron chi connectivity index (χ0n) is 12.5. The Hall–Kier alpha value is -2.60. The molecule has 0 saturated heterocycles. The van der Waals surface area contributed by atoms with Crippen molar-refractivity contribution in [1.82, 2.24) is 9.78 Å². The van der Waals surface area contributed by atoms with Crippen LogP contribution in [0.3, 0.4) is 0 Å². The molecule has 0 unspecified atom stereocenters. The molecule has 1 amide bonds. The summed E-state index contributed by atoms with van der Waals surface area (Å²) in [7, 11) is 1.79. The van der Waals surface area contributed by atoms with Crippen LogP contribution in [0.1, 0.15) is 23.0 Å². The van der Waals surface area contributed by atoms with Gasteiger partial charge in [0.05, 0.1) is 6.61 Å². The van der Waals surface area contributed by atoms with Gasteiger partial charge in [-0.25, -0.2) is 0 Å². The number of benzene rings is 1. The second-order valence-electron chi connectivity index (χ2n) is 4.87. The van der Waals surface area contributed by atoms with Gasteiger partial charge in [-0.2, -0.15) is 5.10 Å². The lowest BCUT2D eigenvalue weighted by molar-refractivity contribution is 0.0984. The summed E-state index contributed by atoms with van der Waals surface area (Å²) in [5.41, 5.74) is 1.43. The van der Waals surface area contributed by atoms with Gasteiger partial charge in [-0.15, -0.1) is 0 Å². The monoisotopic (exact) mass is 299 g/mol. The van der Waals surface area contributed by atoms with Crippen LogP contribution in [0.4, 0.5) is 5.82 Å². The van der Waals surface area contributed by atoms with E-state index in [0.29, 0.717) is 24.6 Å². The summed E-state index contributed by atoms with van der Waals surface area (Å²) < 4.78 is 12.8. The van der Waals surface area contributed by atoms with Crippen LogP contribution in [0.5, 0.6) is 0 Å². The van der Waals surface area contributed by atoms with Crippen LogP contribution < -0.4 is 5.32 Å². The smallest absolute Gasteiger partial charge is 0.292 e. The molecular formula is C16H17N3O3. The molecule has 2 aromatic heterocycles. The van der Waals surface area contributed by atoms with Crippen molar-refractivity contribution in [3.63, 3.8) is 0 Å². The summed E-state index contributed by atoms with van der Waals surface area (Å²) in [5.74, 6) is 0.417. The largest absolute Gasteiger partial charge is 0.451 e. The molecule has 0 spiro atoms. The molecule has 3 aromatic rings. The number of amides is 1. The van der Waals surface area contributed by atoms with Gasteiger partial charge in [-0.3, -0.25) is 9.48 Å². The van der Waals surface area contributed by atoms with E-state index in [0.717, 1.165) is 10.9 Å². The maximum Gasteiger partial charge on any atom is 0.292 e. The predicted octanol–water partition coefficient (Wildman–Crippen LogP) is 2.96. The van der Waals surface area contributed by atoms with Crippen molar-refractivity contribution in [2.75, 3.05) is 11.9 Å². The number of hydrogen-bond donors (Lipinski definition) is 1. The number of nitrogens with one attached hydrogen (secondary N) is 1. The second kappa shape index (κ2) is 6.03. The fourth-order valence-corrected chi connectivity index (χ4v) is 2.28. The molecule has 0 bridgehead atoms. The summed E-state index contributed by atoms with van der Waals surface area (Å²) in [6.45, 7) is 2.81. The van der Waals surface area contributed by atoms with E-state index in [1.807, 2.05) is 31.2 Å². The fourth-order valence-electron chi connectivity index (χ4n) is 2.28. The van der Waals surface area contributed by atoms with E-state index in [-0.39, 0.29) is 11.7 Å². The number of hydrogen-bond acceptors (Lipinski definition) is 4. The van der Waals surface area contributed by atoms with Crippen molar-refractivity contribution in [3.8, 4) is 0 Å². The molecule has 22 heavy (non-hydrogen) atoms. The minimum absolute atomic E-state index is 0.264. The molecule has 1 aromatic carbocycles. The number of nitrogens with zero attached hydrogens (tertiary/aromatic N) is 2. The fraction of sp³-hybridized carbons (Fsp3) is 0.250. The number of para-hydroxylation sites is 1. The molecule has 0 fully saturated rings. The highest BCUT2D eigenvalue weighted by molar-refractivity contribution is 6.06. The van der Waals surface area contributed by atoms with Gasteiger partial charge < -0.3 is 14.5 Å². The van der Waals surface area contributed by atoms with E-state index < -0.39 is 0 Å². The number of carbonyl (C=O) groups is 1. The van der Waals surface area contributed by atoms with E-state index in [1.165, 1.54) is 0 Å². The van der Waals surface area contributed by atoms with Crippen molar-refractivity contribution in [2.24, 2.45) is 7.05 Å². The van der Waals surface area contributed by atoms with Crippen LogP contribution in [0.25, 0.3) is 11.0 Å². The number of aryl methyl sites for hydroxylation is 1. The van der Waals surface area contributed by atoms with E-state index in [1.54, 1.807) is 24.0 Å². The molecular weight excluding hydrogens is 282 g/mol. The van der Waals surface area contributed by atoms with Crippen molar-refractivity contribution in [3.05, 3.63) is 47.9 Å². The van der Waals surface area contributed by atoms with Gasteiger partial charge in [-0.05, 0) is 13.0 Å². The van der Waals surface area contributed by atoms with Gasteiger partial charge in [-0.1, -0.05) is 18.2 Å². The quantitative estimate of drug-likeness (QED) is 0.786. The van der Waals surface area contributed by atoms with E-state index in [9.17, 15) is 4.79 Å². The van der Waals surface area contributed by atoms with Gasteiger partial charge in [0.25, 0.3) is 5.91 Å². The zero-order chi connectivity index (χ0) is 15.5. The number of rotatable bonds is 5. The van der Waals surface area contributed by atoms with Gasteiger partial charge >= 0.3 is 0 Å². The summed E-state index contributed by atoms with van der Waals surface area (Å²) >= 11 is 0. The molecule has 114 valence electrons. The minimum Gasteiger partial charge on any atom is -0.451 e. The number of aromatic nitrogens is 2. The Morgan fingerprint density at radius 2 is 2.18 bits per heavy atom.